The fraction of sp³-hybridized carbons (Fsp3) is 0.0952. The van der Waals surface area contributed by atoms with Crippen LogP contribution in [0.4, 0.5) is 0 Å². The van der Waals surface area contributed by atoms with Gasteiger partial charge in [0.1, 0.15) is 23.9 Å². The van der Waals surface area contributed by atoms with Gasteiger partial charge in [-0.15, -0.1) is 0 Å². The summed E-state index contributed by atoms with van der Waals surface area (Å²) in [5.74, 6) is -1.38. The molecule has 2 heterocycles. The average molecular weight is 403 g/mol. The second kappa shape index (κ2) is 8.00. The van der Waals surface area contributed by atoms with Crippen LogP contribution < -0.4 is 0 Å². The molecule has 2 aromatic heterocycles. The Kier molecular flexibility index (Phi) is 5.08. The molecule has 4 rings (SSSR count). The second-order valence-corrected chi connectivity index (χ2v) is 6.19. The highest BCUT2D eigenvalue weighted by Crippen LogP contribution is 2.29. The van der Waals surface area contributed by atoms with Crippen molar-refractivity contribution in [2.45, 2.75) is 0 Å². The lowest BCUT2D eigenvalue weighted by molar-refractivity contribution is 0.0549. The average Bonchev–Trinajstić information content (AvgIpc) is 3.47. The monoisotopic (exact) mass is 403 g/mol. The summed E-state index contributed by atoms with van der Waals surface area (Å²) in [7, 11) is 2.50. The Morgan fingerprint density at radius 2 is 1.57 bits per heavy atom. The van der Waals surface area contributed by atoms with E-state index >= 15 is 0 Å². The first kappa shape index (κ1) is 19.1. The largest absolute Gasteiger partial charge is 0.465 e. The van der Waals surface area contributed by atoms with Crippen LogP contribution in [0.5, 0.6) is 0 Å². The maximum Gasteiger partial charge on any atom is 0.357 e. The first-order valence-electron chi connectivity index (χ1n) is 8.94. The number of hydrogen-bond acceptors (Lipinski definition) is 7. The molecule has 0 amide bonds. The molecule has 0 bridgehead atoms. The van der Waals surface area contributed by atoms with E-state index in [0.29, 0.717) is 16.9 Å². The van der Waals surface area contributed by atoms with Crippen LogP contribution in [0.2, 0.25) is 0 Å². The van der Waals surface area contributed by atoms with Crippen molar-refractivity contribution < 1.29 is 19.1 Å². The predicted molar refractivity (Wildman–Crippen MR) is 107 cm³/mol. The maximum absolute atomic E-state index is 12.6. The van der Waals surface area contributed by atoms with Gasteiger partial charge in [-0.05, 0) is 24.3 Å². The van der Waals surface area contributed by atoms with E-state index in [2.05, 4.69) is 15.2 Å². The molecule has 9 heteroatoms. The minimum Gasteiger partial charge on any atom is -0.465 e. The molecule has 0 radical (unpaired) electrons. The summed E-state index contributed by atoms with van der Waals surface area (Å²) in [6, 6.07) is 16.2. The van der Waals surface area contributed by atoms with Crippen molar-refractivity contribution in [1.82, 2.24) is 24.5 Å². The van der Waals surface area contributed by atoms with Gasteiger partial charge >= 0.3 is 11.9 Å². The molecule has 0 aliphatic heterocycles. The molecule has 0 fully saturated rings. The highest BCUT2D eigenvalue weighted by atomic mass is 16.5. The van der Waals surface area contributed by atoms with Crippen LogP contribution in [0.25, 0.3) is 22.6 Å². The standard InChI is InChI=1S/C21H17N5O4/c1-29-20(27)17-18(14-8-10-15(11-9-14)25-13-22-12-23-25)24-26(19(17)21(28)30-2)16-6-4-3-5-7-16/h3-13H,1-2H3. The van der Waals surface area contributed by atoms with Crippen LogP contribution in [0, 0.1) is 0 Å². The Morgan fingerprint density at radius 1 is 0.867 bits per heavy atom. The minimum absolute atomic E-state index is 0.00842. The summed E-state index contributed by atoms with van der Waals surface area (Å²) in [6.07, 6.45) is 3.02. The van der Waals surface area contributed by atoms with Crippen LogP contribution >= 0.6 is 0 Å². The van der Waals surface area contributed by atoms with Gasteiger partial charge in [0.05, 0.1) is 25.6 Å². The fourth-order valence-corrected chi connectivity index (χ4v) is 3.07. The zero-order valence-electron chi connectivity index (χ0n) is 16.2. The molecule has 150 valence electrons. The van der Waals surface area contributed by atoms with Gasteiger partial charge in [-0.3, -0.25) is 0 Å². The molecule has 2 aromatic carbocycles. The minimum atomic E-state index is -0.697. The van der Waals surface area contributed by atoms with E-state index in [1.165, 1.54) is 25.2 Å². The number of aromatic nitrogens is 5. The van der Waals surface area contributed by atoms with Gasteiger partial charge in [-0.25, -0.2) is 23.9 Å². The van der Waals surface area contributed by atoms with Crippen LogP contribution in [0.3, 0.4) is 0 Å². The number of nitrogens with zero attached hydrogens (tertiary/aromatic N) is 5. The van der Waals surface area contributed by atoms with E-state index in [4.69, 9.17) is 9.47 Å². The van der Waals surface area contributed by atoms with Crippen LogP contribution in [-0.2, 0) is 9.47 Å². The topological polar surface area (TPSA) is 101 Å². The van der Waals surface area contributed by atoms with E-state index in [9.17, 15) is 9.59 Å². The molecule has 0 atom stereocenters. The lowest BCUT2D eigenvalue weighted by Crippen LogP contribution is -2.15. The molecule has 4 aromatic rings. The first-order valence-corrected chi connectivity index (χ1v) is 8.94. The molecule has 0 saturated carbocycles. The molecule has 0 aliphatic carbocycles. The number of para-hydroxylation sites is 1. The van der Waals surface area contributed by atoms with E-state index in [1.54, 1.807) is 35.3 Å². The molecule has 30 heavy (non-hydrogen) atoms. The van der Waals surface area contributed by atoms with E-state index in [0.717, 1.165) is 5.69 Å². The van der Waals surface area contributed by atoms with Crippen LogP contribution in [0.15, 0.2) is 67.3 Å². The van der Waals surface area contributed by atoms with Gasteiger partial charge in [-0.2, -0.15) is 10.2 Å². The van der Waals surface area contributed by atoms with E-state index in [1.807, 2.05) is 30.3 Å². The molecular weight excluding hydrogens is 386 g/mol. The van der Waals surface area contributed by atoms with Crippen molar-refractivity contribution in [2.75, 3.05) is 14.2 Å². The van der Waals surface area contributed by atoms with E-state index < -0.39 is 11.9 Å². The van der Waals surface area contributed by atoms with Gasteiger partial charge in [0.25, 0.3) is 0 Å². The SMILES string of the molecule is COC(=O)c1c(-c2ccc(-n3cncn3)cc2)nn(-c2ccccc2)c1C(=O)OC. The van der Waals surface area contributed by atoms with Gasteiger partial charge in [-0.1, -0.05) is 30.3 Å². The quantitative estimate of drug-likeness (QED) is 0.472. The summed E-state index contributed by atoms with van der Waals surface area (Å²) >= 11 is 0. The predicted octanol–water partition coefficient (Wildman–Crippen LogP) is 2.69. The number of carbonyl (C=O) groups excluding carboxylic acids is 2. The molecule has 0 aliphatic rings. The number of rotatable bonds is 5. The maximum atomic E-state index is 12.6. The Hall–Kier alpha value is -4.27. The number of benzene rings is 2. The van der Waals surface area contributed by atoms with Crippen molar-refractivity contribution in [3.8, 4) is 22.6 Å². The van der Waals surface area contributed by atoms with E-state index in [-0.39, 0.29) is 11.3 Å². The fourth-order valence-electron chi connectivity index (χ4n) is 3.07. The van der Waals surface area contributed by atoms with Gasteiger partial charge in [0, 0.05) is 5.56 Å². The third kappa shape index (κ3) is 3.32. The lowest BCUT2D eigenvalue weighted by atomic mass is 10.1. The Morgan fingerprint density at radius 3 is 2.17 bits per heavy atom. The number of esters is 2. The Labute approximate surface area is 171 Å². The Bertz CT molecular complexity index is 1180. The number of carbonyl (C=O) groups is 2. The molecule has 0 spiro atoms. The van der Waals surface area contributed by atoms with Gasteiger partial charge < -0.3 is 9.47 Å². The van der Waals surface area contributed by atoms with Crippen molar-refractivity contribution in [1.29, 1.82) is 0 Å². The lowest BCUT2D eigenvalue weighted by Gasteiger charge is -2.07. The first-order chi connectivity index (χ1) is 14.6. The van der Waals surface area contributed by atoms with Gasteiger partial charge in [0.15, 0.2) is 5.69 Å². The highest BCUT2D eigenvalue weighted by molar-refractivity contribution is 6.06. The Balaban J connectivity index is 1.92. The zero-order valence-corrected chi connectivity index (χ0v) is 16.2. The smallest absolute Gasteiger partial charge is 0.357 e. The third-order valence-corrected chi connectivity index (χ3v) is 4.48. The number of hydrogen-bond donors (Lipinski definition) is 0. The van der Waals surface area contributed by atoms with Crippen LogP contribution in [0.1, 0.15) is 20.8 Å². The summed E-state index contributed by atoms with van der Waals surface area (Å²) < 4.78 is 12.9. The van der Waals surface area contributed by atoms with Gasteiger partial charge in [0.2, 0.25) is 0 Å². The molecule has 0 saturated heterocycles. The summed E-state index contributed by atoms with van der Waals surface area (Å²) in [6.45, 7) is 0. The molecule has 0 N–H and O–H groups in total. The van der Waals surface area contributed by atoms with Crippen molar-refractivity contribution in [3.63, 3.8) is 0 Å². The second-order valence-electron chi connectivity index (χ2n) is 6.19. The van der Waals surface area contributed by atoms with Crippen molar-refractivity contribution in [2.24, 2.45) is 0 Å². The van der Waals surface area contributed by atoms with Crippen LogP contribution in [-0.4, -0.2) is 50.7 Å². The van der Waals surface area contributed by atoms with Crippen molar-refractivity contribution in [3.05, 3.63) is 78.5 Å². The third-order valence-electron chi connectivity index (χ3n) is 4.48. The summed E-state index contributed by atoms with van der Waals surface area (Å²) in [5.41, 5.74) is 2.34. The van der Waals surface area contributed by atoms with Crippen molar-refractivity contribution >= 4 is 11.9 Å². The summed E-state index contributed by atoms with van der Waals surface area (Å²) in [5, 5.41) is 8.65. The molecule has 0 unspecified atom stereocenters. The number of methoxy groups -OCH3 is 2. The number of ether oxygens (including phenoxy) is 2. The zero-order chi connectivity index (χ0) is 21.1. The normalized spacial score (nSPS) is 10.6. The molecule has 9 nitrogen and oxygen atoms in total. The summed E-state index contributed by atoms with van der Waals surface area (Å²) in [4.78, 5) is 29.2. The highest BCUT2D eigenvalue weighted by Gasteiger charge is 2.31. The molecular formula is C21H17N5O4.